The van der Waals surface area contributed by atoms with Gasteiger partial charge in [-0.05, 0) is 36.8 Å². The molecule has 0 radical (unpaired) electrons. The number of nitrogens with zero attached hydrogens (tertiary/aromatic N) is 1. The first kappa shape index (κ1) is 21.0. The Morgan fingerprint density at radius 1 is 1.24 bits per heavy atom. The summed E-state index contributed by atoms with van der Waals surface area (Å²) in [7, 11) is 1.58. The fourth-order valence-electron chi connectivity index (χ4n) is 2.08. The third kappa shape index (κ3) is 7.18. The number of aliphatic hydroxyl groups is 1. The number of benzene rings is 2. The zero-order chi connectivity index (χ0) is 17.4. The summed E-state index contributed by atoms with van der Waals surface area (Å²) >= 11 is 0. The number of guanidine groups is 1. The van der Waals surface area contributed by atoms with Gasteiger partial charge in [0.05, 0.1) is 19.3 Å². The van der Waals surface area contributed by atoms with Gasteiger partial charge in [0.1, 0.15) is 24.2 Å². The highest BCUT2D eigenvalue weighted by Crippen LogP contribution is 2.22. The molecule has 4 N–H and O–H groups in total. The molecule has 2 aromatic carbocycles. The number of nitrogens with one attached hydrogen (secondary N) is 1. The Morgan fingerprint density at radius 3 is 2.72 bits per heavy atom. The molecule has 0 bridgehead atoms. The lowest BCUT2D eigenvalue weighted by Gasteiger charge is -2.12. The summed E-state index contributed by atoms with van der Waals surface area (Å²) in [6, 6.07) is 15.0. The van der Waals surface area contributed by atoms with Crippen LogP contribution >= 0.6 is 24.0 Å². The molecule has 0 aliphatic rings. The van der Waals surface area contributed by atoms with E-state index in [0.717, 1.165) is 11.3 Å². The molecule has 136 valence electrons. The quantitative estimate of drug-likeness (QED) is 0.338. The van der Waals surface area contributed by atoms with E-state index in [1.165, 1.54) is 0 Å². The van der Waals surface area contributed by atoms with Crippen molar-refractivity contribution in [1.29, 1.82) is 0 Å². The number of aryl methyl sites for hydroxylation is 1. The summed E-state index contributed by atoms with van der Waals surface area (Å²) in [6.45, 7) is 2.27. The van der Waals surface area contributed by atoms with E-state index in [-0.39, 0.29) is 43.1 Å². The molecule has 0 fully saturated rings. The van der Waals surface area contributed by atoms with Crippen molar-refractivity contribution in [2.24, 2.45) is 10.7 Å². The number of hydrogen-bond donors (Lipinski definition) is 3. The zero-order valence-electron chi connectivity index (χ0n) is 14.3. The Morgan fingerprint density at radius 2 is 2.00 bits per heavy atom. The second kappa shape index (κ2) is 10.8. The number of para-hydroxylation sites is 2. The lowest BCUT2D eigenvalue weighted by atomic mass is 10.2. The molecular weight excluding hydrogens is 433 g/mol. The maximum atomic E-state index is 9.96. The number of halogens is 1. The molecule has 0 spiro atoms. The van der Waals surface area contributed by atoms with Crippen molar-refractivity contribution in [3.05, 3.63) is 54.1 Å². The van der Waals surface area contributed by atoms with Crippen LogP contribution < -0.4 is 20.5 Å². The van der Waals surface area contributed by atoms with Crippen LogP contribution in [0.3, 0.4) is 0 Å². The molecule has 25 heavy (non-hydrogen) atoms. The topological polar surface area (TPSA) is 89.1 Å². The van der Waals surface area contributed by atoms with Crippen molar-refractivity contribution in [1.82, 2.24) is 0 Å². The Balaban J connectivity index is 0.00000312. The van der Waals surface area contributed by atoms with Crippen LogP contribution in [-0.4, -0.2) is 37.4 Å². The highest BCUT2D eigenvalue weighted by atomic mass is 127. The molecule has 6 nitrogen and oxygen atoms in total. The van der Waals surface area contributed by atoms with E-state index in [1.807, 2.05) is 55.5 Å². The van der Waals surface area contributed by atoms with Crippen LogP contribution in [-0.2, 0) is 0 Å². The SMILES string of the molecule is COc1ccccc1NC(N)=NCC(O)COc1cccc(C)c1.I. The van der Waals surface area contributed by atoms with E-state index in [9.17, 15) is 5.11 Å². The van der Waals surface area contributed by atoms with E-state index in [2.05, 4.69) is 10.3 Å². The number of ether oxygens (including phenoxy) is 2. The summed E-state index contributed by atoms with van der Waals surface area (Å²) in [5, 5.41) is 12.9. The Hall–Kier alpha value is -2.00. The Bertz CT molecular complexity index is 695. The molecule has 0 aromatic heterocycles. The van der Waals surface area contributed by atoms with Crippen LogP contribution in [0, 0.1) is 6.92 Å². The number of aliphatic hydroxyl groups excluding tert-OH is 1. The van der Waals surface area contributed by atoms with Gasteiger partial charge in [-0.3, -0.25) is 4.99 Å². The minimum atomic E-state index is -0.747. The van der Waals surface area contributed by atoms with E-state index < -0.39 is 6.10 Å². The normalized spacial score (nSPS) is 12.0. The molecular formula is C18H24IN3O3. The van der Waals surface area contributed by atoms with Gasteiger partial charge in [0.15, 0.2) is 5.96 Å². The first-order valence-electron chi connectivity index (χ1n) is 7.66. The minimum Gasteiger partial charge on any atom is -0.495 e. The number of hydrogen-bond acceptors (Lipinski definition) is 4. The predicted molar refractivity (Wildman–Crippen MR) is 111 cm³/mol. The smallest absolute Gasteiger partial charge is 0.193 e. The molecule has 2 rings (SSSR count). The van der Waals surface area contributed by atoms with Crippen LogP contribution in [0.2, 0.25) is 0 Å². The van der Waals surface area contributed by atoms with E-state index in [0.29, 0.717) is 11.4 Å². The van der Waals surface area contributed by atoms with Crippen molar-refractivity contribution < 1.29 is 14.6 Å². The van der Waals surface area contributed by atoms with Gasteiger partial charge < -0.3 is 25.6 Å². The average Bonchev–Trinajstić information content (AvgIpc) is 2.58. The number of methoxy groups -OCH3 is 1. The molecule has 0 heterocycles. The van der Waals surface area contributed by atoms with Gasteiger partial charge in [-0.15, -0.1) is 24.0 Å². The minimum absolute atomic E-state index is 0. The maximum absolute atomic E-state index is 9.96. The molecule has 0 aliphatic carbocycles. The summed E-state index contributed by atoms with van der Waals surface area (Å²) in [5.74, 6) is 1.59. The van der Waals surface area contributed by atoms with Gasteiger partial charge in [0, 0.05) is 0 Å². The molecule has 1 unspecified atom stereocenters. The van der Waals surface area contributed by atoms with Gasteiger partial charge in [-0.1, -0.05) is 24.3 Å². The van der Waals surface area contributed by atoms with Crippen molar-refractivity contribution in [2.75, 3.05) is 25.6 Å². The fourth-order valence-corrected chi connectivity index (χ4v) is 2.08. The third-order valence-electron chi connectivity index (χ3n) is 3.27. The van der Waals surface area contributed by atoms with Crippen molar-refractivity contribution in [2.45, 2.75) is 13.0 Å². The number of nitrogens with two attached hydrogens (primary N) is 1. The van der Waals surface area contributed by atoms with Crippen LogP contribution in [0.25, 0.3) is 0 Å². The standard InChI is InChI=1S/C18H23N3O3.HI/c1-13-6-5-7-15(10-13)24-12-14(22)11-20-18(19)21-16-8-3-4-9-17(16)23-2;/h3-10,14,22H,11-12H2,1-2H3,(H3,19,20,21);1H. The lowest BCUT2D eigenvalue weighted by Crippen LogP contribution is -2.27. The van der Waals surface area contributed by atoms with Crippen molar-refractivity contribution >= 4 is 35.6 Å². The Labute approximate surface area is 165 Å². The van der Waals surface area contributed by atoms with E-state index in [1.54, 1.807) is 7.11 Å². The Kier molecular flexibility index (Phi) is 9.07. The predicted octanol–water partition coefficient (Wildman–Crippen LogP) is 2.79. The molecule has 2 aromatic rings. The lowest BCUT2D eigenvalue weighted by molar-refractivity contribution is 0.114. The summed E-state index contributed by atoms with van der Waals surface area (Å²) in [6.07, 6.45) is -0.747. The van der Waals surface area contributed by atoms with Gasteiger partial charge in [-0.25, -0.2) is 0 Å². The van der Waals surface area contributed by atoms with Gasteiger partial charge in [0.2, 0.25) is 0 Å². The third-order valence-corrected chi connectivity index (χ3v) is 3.27. The number of aliphatic imine (C=N–C) groups is 1. The summed E-state index contributed by atoms with van der Waals surface area (Å²) in [4.78, 5) is 4.12. The van der Waals surface area contributed by atoms with E-state index in [4.69, 9.17) is 15.2 Å². The van der Waals surface area contributed by atoms with Gasteiger partial charge >= 0.3 is 0 Å². The number of anilines is 1. The van der Waals surface area contributed by atoms with Gasteiger partial charge in [-0.2, -0.15) is 0 Å². The van der Waals surface area contributed by atoms with Gasteiger partial charge in [0.25, 0.3) is 0 Å². The largest absolute Gasteiger partial charge is 0.495 e. The maximum Gasteiger partial charge on any atom is 0.193 e. The highest BCUT2D eigenvalue weighted by Gasteiger charge is 2.06. The van der Waals surface area contributed by atoms with Crippen molar-refractivity contribution in [3.63, 3.8) is 0 Å². The fraction of sp³-hybridized carbons (Fsp3) is 0.278. The molecule has 0 aliphatic heterocycles. The molecule has 0 saturated carbocycles. The molecule has 7 heteroatoms. The first-order valence-corrected chi connectivity index (χ1v) is 7.66. The zero-order valence-corrected chi connectivity index (χ0v) is 16.6. The molecule has 0 saturated heterocycles. The summed E-state index contributed by atoms with van der Waals surface area (Å²) < 4.78 is 10.8. The first-order chi connectivity index (χ1) is 11.6. The van der Waals surface area contributed by atoms with Crippen molar-refractivity contribution in [3.8, 4) is 11.5 Å². The highest BCUT2D eigenvalue weighted by molar-refractivity contribution is 14.0. The van der Waals surface area contributed by atoms with Crippen LogP contribution in [0.4, 0.5) is 5.69 Å². The van der Waals surface area contributed by atoms with Crippen LogP contribution in [0.1, 0.15) is 5.56 Å². The summed E-state index contributed by atoms with van der Waals surface area (Å²) in [5.41, 5.74) is 7.65. The number of rotatable bonds is 7. The van der Waals surface area contributed by atoms with Crippen LogP contribution in [0.15, 0.2) is 53.5 Å². The van der Waals surface area contributed by atoms with E-state index >= 15 is 0 Å². The van der Waals surface area contributed by atoms with Crippen LogP contribution in [0.5, 0.6) is 11.5 Å². The molecule has 0 amide bonds. The second-order valence-corrected chi connectivity index (χ2v) is 5.33. The second-order valence-electron chi connectivity index (χ2n) is 5.33. The average molecular weight is 457 g/mol. The monoisotopic (exact) mass is 457 g/mol. The molecule has 1 atom stereocenters.